The largest absolute Gasteiger partial charge is 0.493 e. The molecule has 2 aromatic rings. The SMILES string of the molecule is CCOCC(=O)[C@@H]1[C@H]2COc3ccccc3[C@H]2N2C(=O)N(c3ccc(Cl)cc3)C(=O)[C@@]12C. The van der Waals surface area contributed by atoms with Gasteiger partial charge in [0.05, 0.1) is 24.3 Å². The van der Waals surface area contributed by atoms with Crippen LogP contribution in [0.15, 0.2) is 48.5 Å². The molecule has 0 radical (unpaired) electrons. The molecule has 7 nitrogen and oxygen atoms in total. The Morgan fingerprint density at radius 3 is 2.62 bits per heavy atom. The summed E-state index contributed by atoms with van der Waals surface area (Å²) in [5, 5.41) is 0.503. The van der Waals surface area contributed by atoms with Gasteiger partial charge in [0.1, 0.15) is 17.9 Å². The van der Waals surface area contributed by atoms with E-state index in [0.717, 1.165) is 10.5 Å². The maximum Gasteiger partial charge on any atom is 0.332 e. The minimum atomic E-state index is -1.35. The normalized spacial score (nSPS) is 28.3. The minimum Gasteiger partial charge on any atom is -0.493 e. The van der Waals surface area contributed by atoms with Crippen LogP contribution in [0.1, 0.15) is 25.5 Å². The van der Waals surface area contributed by atoms with E-state index in [9.17, 15) is 14.4 Å². The number of rotatable bonds is 5. The van der Waals surface area contributed by atoms with Gasteiger partial charge in [0.25, 0.3) is 5.91 Å². The van der Waals surface area contributed by atoms with Gasteiger partial charge in [0, 0.05) is 23.1 Å². The molecular weight excluding hydrogens is 432 g/mol. The van der Waals surface area contributed by atoms with Crippen molar-refractivity contribution in [2.45, 2.75) is 25.4 Å². The van der Waals surface area contributed by atoms with Crippen LogP contribution in [0.3, 0.4) is 0 Å². The first-order valence-electron chi connectivity index (χ1n) is 10.6. The molecule has 8 heteroatoms. The van der Waals surface area contributed by atoms with Crippen molar-refractivity contribution in [1.29, 1.82) is 0 Å². The van der Waals surface area contributed by atoms with Crippen LogP contribution in [0.25, 0.3) is 0 Å². The van der Waals surface area contributed by atoms with Crippen LogP contribution in [-0.2, 0) is 14.3 Å². The number of hydrogen-bond donors (Lipinski definition) is 0. The molecule has 3 heterocycles. The maximum atomic E-state index is 13.8. The fourth-order valence-electron chi connectivity index (χ4n) is 5.47. The molecule has 3 amide bonds. The lowest BCUT2D eigenvalue weighted by Gasteiger charge is -2.34. The second kappa shape index (κ2) is 7.60. The Morgan fingerprint density at radius 1 is 1.19 bits per heavy atom. The van der Waals surface area contributed by atoms with Gasteiger partial charge in [0.2, 0.25) is 0 Å². The van der Waals surface area contributed by atoms with Crippen molar-refractivity contribution >= 4 is 35.0 Å². The first-order valence-corrected chi connectivity index (χ1v) is 11.0. The fraction of sp³-hybridized carbons (Fsp3) is 0.375. The molecule has 0 unspecified atom stereocenters. The number of ether oxygens (including phenoxy) is 2. The van der Waals surface area contributed by atoms with E-state index in [2.05, 4.69) is 0 Å². The monoisotopic (exact) mass is 454 g/mol. The highest BCUT2D eigenvalue weighted by Crippen LogP contribution is 2.58. The first-order chi connectivity index (χ1) is 15.4. The summed E-state index contributed by atoms with van der Waals surface area (Å²) >= 11 is 6.00. The van der Waals surface area contributed by atoms with Crippen LogP contribution < -0.4 is 9.64 Å². The van der Waals surface area contributed by atoms with Crippen molar-refractivity contribution in [2.75, 3.05) is 24.7 Å². The predicted octanol–water partition coefficient (Wildman–Crippen LogP) is 3.85. The number of fused-ring (bicyclic) bond motifs is 5. The molecule has 0 aliphatic carbocycles. The Labute approximate surface area is 190 Å². The van der Waals surface area contributed by atoms with Gasteiger partial charge >= 0.3 is 6.03 Å². The molecule has 0 aromatic heterocycles. The Kier molecular flexibility index (Phi) is 4.98. The lowest BCUT2D eigenvalue weighted by molar-refractivity contribution is -0.137. The summed E-state index contributed by atoms with van der Waals surface area (Å²) in [6, 6.07) is 13.1. The van der Waals surface area contributed by atoms with Crippen molar-refractivity contribution in [3.8, 4) is 5.75 Å². The lowest BCUT2D eigenvalue weighted by atomic mass is 9.75. The Hall–Kier alpha value is -2.90. The zero-order valence-corrected chi connectivity index (χ0v) is 18.5. The van der Waals surface area contributed by atoms with Gasteiger partial charge in [-0.25, -0.2) is 9.69 Å². The van der Waals surface area contributed by atoms with Gasteiger partial charge in [-0.3, -0.25) is 9.59 Å². The van der Waals surface area contributed by atoms with Gasteiger partial charge in [-0.15, -0.1) is 0 Å². The van der Waals surface area contributed by atoms with E-state index < -0.39 is 29.4 Å². The third-order valence-electron chi connectivity index (χ3n) is 6.80. The number of nitrogens with zero attached hydrogens (tertiary/aromatic N) is 2. The smallest absolute Gasteiger partial charge is 0.332 e. The molecule has 0 spiro atoms. The average Bonchev–Trinajstić information content (AvgIpc) is 3.18. The minimum absolute atomic E-state index is 0.113. The molecule has 166 valence electrons. The summed E-state index contributed by atoms with van der Waals surface area (Å²) in [6.45, 7) is 4.02. The Bertz CT molecular complexity index is 1100. The topological polar surface area (TPSA) is 76.2 Å². The highest BCUT2D eigenvalue weighted by atomic mass is 35.5. The Morgan fingerprint density at radius 2 is 1.91 bits per heavy atom. The molecule has 2 aromatic carbocycles. The lowest BCUT2D eigenvalue weighted by Crippen LogP contribution is -2.51. The van der Waals surface area contributed by atoms with Crippen molar-refractivity contribution in [1.82, 2.24) is 4.90 Å². The number of urea groups is 1. The van der Waals surface area contributed by atoms with Gasteiger partial charge in [-0.2, -0.15) is 0 Å². The van der Waals surface area contributed by atoms with E-state index in [1.165, 1.54) is 0 Å². The molecule has 32 heavy (non-hydrogen) atoms. The Balaban J connectivity index is 1.65. The second-order valence-electron chi connectivity index (χ2n) is 8.46. The molecule has 0 saturated carbocycles. The number of imide groups is 1. The molecule has 2 saturated heterocycles. The molecule has 3 aliphatic rings. The van der Waals surface area contributed by atoms with Crippen LogP contribution in [0.4, 0.5) is 10.5 Å². The van der Waals surface area contributed by atoms with E-state index in [-0.39, 0.29) is 24.9 Å². The van der Waals surface area contributed by atoms with Crippen LogP contribution in [0, 0.1) is 11.8 Å². The summed E-state index contributed by atoms with van der Waals surface area (Å²) in [5.41, 5.74) is -0.116. The van der Waals surface area contributed by atoms with E-state index in [4.69, 9.17) is 21.1 Å². The second-order valence-corrected chi connectivity index (χ2v) is 8.89. The van der Waals surface area contributed by atoms with Gasteiger partial charge in [-0.1, -0.05) is 29.8 Å². The van der Waals surface area contributed by atoms with E-state index >= 15 is 0 Å². The molecule has 3 aliphatic heterocycles. The number of hydrogen-bond acceptors (Lipinski definition) is 5. The predicted molar refractivity (Wildman–Crippen MR) is 118 cm³/mol. The molecule has 0 N–H and O–H groups in total. The first kappa shape index (κ1) is 21.0. The molecule has 5 rings (SSSR count). The highest BCUT2D eigenvalue weighted by molar-refractivity contribution is 6.31. The summed E-state index contributed by atoms with van der Waals surface area (Å²) in [5.74, 6) is -1.05. The zero-order chi connectivity index (χ0) is 22.6. The molecule has 2 fully saturated rings. The summed E-state index contributed by atoms with van der Waals surface area (Å²) in [6.07, 6.45) is 0. The van der Waals surface area contributed by atoms with Crippen LogP contribution in [0.5, 0.6) is 5.75 Å². The van der Waals surface area contributed by atoms with Crippen LogP contribution in [-0.4, -0.2) is 48.0 Å². The van der Waals surface area contributed by atoms with Crippen molar-refractivity contribution in [2.24, 2.45) is 11.8 Å². The molecule has 0 bridgehead atoms. The van der Waals surface area contributed by atoms with E-state index in [0.29, 0.717) is 23.1 Å². The summed E-state index contributed by atoms with van der Waals surface area (Å²) in [7, 11) is 0. The third kappa shape index (κ3) is 2.81. The zero-order valence-electron chi connectivity index (χ0n) is 17.8. The van der Waals surface area contributed by atoms with Crippen LogP contribution in [0.2, 0.25) is 5.02 Å². The standard InChI is InChI=1S/C24H23ClN2O5/c1-3-31-13-18(28)20-17-12-32-19-7-5-4-6-16(19)21(17)27-23(30)26(22(29)24(20,27)2)15-10-8-14(25)9-11-15/h4-11,17,20-21H,3,12-13H2,1-2H3/t17-,20+,21-,24-/m1/s1. The number of ketones is 1. The summed E-state index contributed by atoms with van der Waals surface area (Å²) < 4.78 is 11.4. The van der Waals surface area contributed by atoms with Crippen LogP contribution >= 0.6 is 11.6 Å². The number of halogens is 1. The number of anilines is 1. The van der Waals surface area contributed by atoms with Crippen molar-refractivity contribution < 1.29 is 23.9 Å². The molecular formula is C24H23ClN2O5. The number of carbonyl (C=O) groups is 3. The number of benzene rings is 2. The summed E-state index contributed by atoms with van der Waals surface area (Å²) in [4.78, 5) is 43.7. The van der Waals surface area contributed by atoms with Crippen molar-refractivity contribution in [3.05, 3.63) is 59.1 Å². The van der Waals surface area contributed by atoms with Gasteiger partial charge in [0.15, 0.2) is 5.78 Å². The van der Waals surface area contributed by atoms with Crippen molar-refractivity contribution in [3.63, 3.8) is 0 Å². The number of Topliss-reactive ketones (excluding diaryl/α,β-unsaturated/α-hetero) is 1. The number of amides is 3. The van der Waals surface area contributed by atoms with E-state index in [1.807, 2.05) is 31.2 Å². The number of carbonyl (C=O) groups excluding carboxylic acids is 3. The van der Waals surface area contributed by atoms with E-state index in [1.54, 1.807) is 36.1 Å². The maximum absolute atomic E-state index is 13.8. The average molecular weight is 455 g/mol. The highest BCUT2D eigenvalue weighted by Gasteiger charge is 2.71. The number of para-hydroxylation sites is 1. The third-order valence-corrected chi connectivity index (χ3v) is 7.05. The fourth-order valence-corrected chi connectivity index (χ4v) is 5.59. The quantitative estimate of drug-likeness (QED) is 0.641. The molecule has 4 atom stereocenters. The van der Waals surface area contributed by atoms with Gasteiger partial charge in [-0.05, 0) is 44.2 Å². The van der Waals surface area contributed by atoms with Gasteiger partial charge < -0.3 is 14.4 Å².